The van der Waals surface area contributed by atoms with E-state index in [9.17, 15) is 0 Å². The van der Waals surface area contributed by atoms with E-state index in [4.69, 9.17) is 9.31 Å². The van der Waals surface area contributed by atoms with Crippen molar-refractivity contribution in [3.05, 3.63) is 35.9 Å². The van der Waals surface area contributed by atoms with Gasteiger partial charge < -0.3 is 9.31 Å². The normalized spacial score (nSPS) is 30.7. The summed E-state index contributed by atoms with van der Waals surface area (Å²) in [6.07, 6.45) is 7.76. The molecule has 0 radical (unpaired) electrons. The largest absolute Gasteiger partial charge is 0.461 e. The summed E-state index contributed by atoms with van der Waals surface area (Å²) in [5, 5.41) is 0. The first kappa shape index (κ1) is 17.0. The molecule has 2 aliphatic rings. The van der Waals surface area contributed by atoms with Crippen LogP contribution in [-0.2, 0) is 9.31 Å². The maximum Gasteiger partial charge on any atom is 0.461 e. The van der Waals surface area contributed by atoms with Gasteiger partial charge in [0.15, 0.2) is 0 Å². The zero-order valence-electron chi connectivity index (χ0n) is 15.2. The van der Waals surface area contributed by atoms with E-state index in [1.165, 1.54) is 44.1 Å². The molecule has 3 rings (SSSR count). The molecule has 1 saturated heterocycles. The van der Waals surface area contributed by atoms with Crippen LogP contribution in [0.4, 0.5) is 0 Å². The van der Waals surface area contributed by atoms with Gasteiger partial charge in [0, 0.05) is 5.82 Å². The fourth-order valence-electron chi connectivity index (χ4n) is 4.02. The molecule has 0 spiro atoms. The average molecular weight is 314 g/mol. The average Bonchev–Trinajstić information content (AvgIpc) is 2.68. The Labute approximate surface area is 142 Å². The fourth-order valence-corrected chi connectivity index (χ4v) is 4.02. The lowest BCUT2D eigenvalue weighted by Crippen LogP contribution is -2.41. The number of hydrogen-bond acceptors (Lipinski definition) is 2. The van der Waals surface area contributed by atoms with Crippen LogP contribution in [0, 0.1) is 0 Å². The van der Waals surface area contributed by atoms with Crippen LogP contribution < -0.4 is 0 Å². The second kappa shape index (κ2) is 6.60. The molecule has 0 amide bonds. The Kier molecular flexibility index (Phi) is 4.89. The Morgan fingerprint density at radius 2 is 1.39 bits per heavy atom. The number of benzene rings is 1. The highest BCUT2D eigenvalue weighted by atomic mass is 16.7. The van der Waals surface area contributed by atoms with Gasteiger partial charge in [-0.1, -0.05) is 62.4 Å². The minimum absolute atomic E-state index is 0.0803. The molecule has 2 atom stereocenters. The lowest BCUT2D eigenvalue weighted by atomic mass is 9.59. The standard InChI is InChI=1S/C20H31BO2/c1-19(2)20(3,4)23-21(22-19)18-15-11-6-5-10-14-17(18)16-12-8-7-9-13-16/h7-9,12-13,17-18H,5-6,10-11,14-15H2,1-4H3. The summed E-state index contributed by atoms with van der Waals surface area (Å²) in [6.45, 7) is 8.64. The molecule has 1 aliphatic carbocycles. The van der Waals surface area contributed by atoms with Gasteiger partial charge in [0.1, 0.15) is 0 Å². The van der Waals surface area contributed by atoms with E-state index in [-0.39, 0.29) is 18.3 Å². The van der Waals surface area contributed by atoms with Gasteiger partial charge in [0.2, 0.25) is 0 Å². The van der Waals surface area contributed by atoms with Crippen molar-refractivity contribution >= 4 is 7.12 Å². The Hall–Kier alpha value is -0.795. The summed E-state index contributed by atoms with van der Waals surface area (Å²) in [7, 11) is -0.0803. The van der Waals surface area contributed by atoms with E-state index in [1.807, 2.05) is 0 Å². The first-order chi connectivity index (χ1) is 10.9. The zero-order valence-corrected chi connectivity index (χ0v) is 15.2. The molecule has 0 bridgehead atoms. The molecule has 1 aromatic carbocycles. The van der Waals surface area contributed by atoms with Gasteiger partial charge in [-0.25, -0.2) is 0 Å². The summed E-state index contributed by atoms with van der Waals surface area (Å²) in [4.78, 5) is 0. The first-order valence-corrected chi connectivity index (χ1v) is 9.31. The Bertz CT molecular complexity index is 496. The molecule has 1 saturated carbocycles. The SMILES string of the molecule is CC1(C)OB(C2CCCCCCC2c2ccccc2)OC1(C)C. The predicted molar refractivity (Wildman–Crippen MR) is 96.7 cm³/mol. The molecule has 0 N–H and O–H groups in total. The van der Waals surface area contributed by atoms with E-state index in [2.05, 4.69) is 58.0 Å². The monoisotopic (exact) mass is 314 g/mol. The van der Waals surface area contributed by atoms with Crippen LogP contribution in [0.3, 0.4) is 0 Å². The molecule has 23 heavy (non-hydrogen) atoms. The summed E-state index contributed by atoms with van der Waals surface area (Å²) >= 11 is 0. The quantitative estimate of drug-likeness (QED) is 0.663. The van der Waals surface area contributed by atoms with Crippen molar-refractivity contribution in [2.45, 2.75) is 89.2 Å². The highest BCUT2D eigenvalue weighted by molar-refractivity contribution is 6.47. The van der Waals surface area contributed by atoms with E-state index < -0.39 is 0 Å². The van der Waals surface area contributed by atoms with E-state index in [0.29, 0.717) is 11.7 Å². The topological polar surface area (TPSA) is 18.5 Å². The first-order valence-electron chi connectivity index (χ1n) is 9.31. The van der Waals surface area contributed by atoms with E-state index in [1.54, 1.807) is 0 Å². The van der Waals surface area contributed by atoms with Crippen molar-refractivity contribution in [2.24, 2.45) is 0 Å². The van der Waals surface area contributed by atoms with Crippen LogP contribution in [-0.4, -0.2) is 18.3 Å². The van der Waals surface area contributed by atoms with Crippen molar-refractivity contribution < 1.29 is 9.31 Å². The molecule has 1 aliphatic heterocycles. The van der Waals surface area contributed by atoms with Crippen LogP contribution in [0.1, 0.15) is 77.7 Å². The van der Waals surface area contributed by atoms with Crippen molar-refractivity contribution in [3.8, 4) is 0 Å². The minimum Gasteiger partial charge on any atom is -0.403 e. The molecule has 1 heterocycles. The Morgan fingerprint density at radius 3 is 2.00 bits per heavy atom. The van der Waals surface area contributed by atoms with Gasteiger partial charge in [0.25, 0.3) is 0 Å². The maximum absolute atomic E-state index is 6.43. The molecule has 3 heteroatoms. The smallest absolute Gasteiger partial charge is 0.403 e. The third-order valence-corrected chi connectivity index (χ3v) is 6.17. The molecular weight excluding hydrogens is 283 g/mol. The minimum atomic E-state index is -0.235. The second-order valence-electron chi connectivity index (χ2n) is 8.30. The summed E-state index contributed by atoms with van der Waals surface area (Å²) in [5.74, 6) is 1.00. The Balaban J connectivity index is 1.86. The lowest BCUT2D eigenvalue weighted by molar-refractivity contribution is 0.00578. The third kappa shape index (κ3) is 3.51. The van der Waals surface area contributed by atoms with Crippen molar-refractivity contribution in [1.82, 2.24) is 0 Å². The van der Waals surface area contributed by atoms with Gasteiger partial charge in [-0.15, -0.1) is 0 Å². The highest BCUT2D eigenvalue weighted by Gasteiger charge is 2.54. The molecule has 1 aromatic rings. The van der Waals surface area contributed by atoms with Crippen LogP contribution in [0.5, 0.6) is 0 Å². The lowest BCUT2D eigenvalue weighted by Gasteiger charge is -2.32. The van der Waals surface area contributed by atoms with Gasteiger partial charge in [0.05, 0.1) is 11.2 Å². The Morgan fingerprint density at radius 1 is 0.826 bits per heavy atom. The van der Waals surface area contributed by atoms with Crippen LogP contribution in [0.15, 0.2) is 30.3 Å². The van der Waals surface area contributed by atoms with Gasteiger partial charge in [-0.3, -0.25) is 0 Å². The van der Waals surface area contributed by atoms with Crippen LogP contribution >= 0.6 is 0 Å². The summed E-state index contributed by atoms with van der Waals surface area (Å²) < 4.78 is 12.9. The van der Waals surface area contributed by atoms with Gasteiger partial charge in [-0.05, 0) is 45.6 Å². The van der Waals surface area contributed by atoms with Gasteiger partial charge in [-0.2, -0.15) is 0 Å². The molecule has 2 fully saturated rings. The van der Waals surface area contributed by atoms with Crippen molar-refractivity contribution in [2.75, 3.05) is 0 Å². The summed E-state index contributed by atoms with van der Waals surface area (Å²) in [6, 6.07) is 11.0. The van der Waals surface area contributed by atoms with E-state index in [0.717, 1.165) is 0 Å². The van der Waals surface area contributed by atoms with Gasteiger partial charge >= 0.3 is 7.12 Å². The van der Waals surface area contributed by atoms with Crippen LogP contribution in [0.2, 0.25) is 5.82 Å². The number of rotatable bonds is 2. The highest BCUT2D eigenvalue weighted by Crippen LogP contribution is 2.48. The second-order valence-corrected chi connectivity index (χ2v) is 8.30. The molecule has 2 nitrogen and oxygen atoms in total. The molecule has 2 unspecified atom stereocenters. The number of hydrogen-bond donors (Lipinski definition) is 0. The zero-order chi connectivity index (χ0) is 16.5. The van der Waals surface area contributed by atoms with Crippen molar-refractivity contribution in [1.29, 1.82) is 0 Å². The van der Waals surface area contributed by atoms with Crippen LogP contribution in [0.25, 0.3) is 0 Å². The predicted octanol–water partition coefficient (Wildman–Crippen LogP) is 5.59. The molecular formula is C20H31BO2. The molecule has 0 aromatic heterocycles. The fraction of sp³-hybridized carbons (Fsp3) is 0.700. The van der Waals surface area contributed by atoms with Crippen molar-refractivity contribution in [3.63, 3.8) is 0 Å². The third-order valence-electron chi connectivity index (χ3n) is 6.17. The maximum atomic E-state index is 6.43. The summed E-state index contributed by atoms with van der Waals surface area (Å²) in [5.41, 5.74) is 0.983. The molecule has 126 valence electrons. The van der Waals surface area contributed by atoms with E-state index >= 15 is 0 Å².